The number of nitrogens with zero attached hydrogens (tertiary/aromatic N) is 5. The Labute approximate surface area is 183 Å². The van der Waals surface area contributed by atoms with E-state index in [1.807, 2.05) is 17.8 Å². The molecule has 31 heavy (non-hydrogen) atoms. The van der Waals surface area contributed by atoms with E-state index in [-0.39, 0.29) is 12.5 Å². The summed E-state index contributed by atoms with van der Waals surface area (Å²) in [7, 11) is 2.14. The van der Waals surface area contributed by atoms with E-state index in [4.69, 9.17) is 15.1 Å². The van der Waals surface area contributed by atoms with Gasteiger partial charge in [-0.05, 0) is 37.6 Å². The number of aliphatic hydroxyl groups is 1. The highest BCUT2D eigenvalue weighted by Crippen LogP contribution is 2.40. The zero-order chi connectivity index (χ0) is 21.7. The molecule has 1 atom stereocenters. The molecule has 0 spiro atoms. The molecule has 3 aromatic rings. The number of rotatable bonds is 2. The Kier molecular flexibility index (Phi) is 4.99. The second kappa shape index (κ2) is 7.70. The first-order valence-corrected chi connectivity index (χ1v) is 11.0. The van der Waals surface area contributed by atoms with Gasteiger partial charge in [-0.3, -0.25) is 14.6 Å². The molecule has 2 aliphatic rings. The van der Waals surface area contributed by atoms with E-state index in [0.29, 0.717) is 6.54 Å². The summed E-state index contributed by atoms with van der Waals surface area (Å²) >= 11 is 0. The van der Waals surface area contributed by atoms with Gasteiger partial charge in [-0.15, -0.1) is 0 Å². The second-order valence-corrected chi connectivity index (χ2v) is 8.86. The van der Waals surface area contributed by atoms with Gasteiger partial charge >= 0.3 is 0 Å². The topological polar surface area (TPSA) is 67.1 Å². The summed E-state index contributed by atoms with van der Waals surface area (Å²) in [5, 5.41) is 14.3. The van der Waals surface area contributed by atoms with Crippen molar-refractivity contribution in [1.82, 2.24) is 24.6 Å². The SMILES string of the molecule is Cc1ccc2c(c1)[C@@H](C)C1=CCc3ncc(nc31)-c1c(C)nn(CCO)c1CN(C)C2. The summed E-state index contributed by atoms with van der Waals surface area (Å²) in [6, 6.07) is 6.78. The number of hydrogen-bond acceptors (Lipinski definition) is 5. The maximum absolute atomic E-state index is 9.60. The Morgan fingerprint density at radius 2 is 2.03 bits per heavy atom. The normalized spacial score (nSPS) is 18.1. The highest BCUT2D eigenvalue weighted by Gasteiger charge is 2.28. The van der Waals surface area contributed by atoms with Crippen molar-refractivity contribution in [3.63, 3.8) is 0 Å². The van der Waals surface area contributed by atoms with Crippen LogP contribution in [0.3, 0.4) is 0 Å². The van der Waals surface area contributed by atoms with Gasteiger partial charge in [0.25, 0.3) is 0 Å². The third kappa shape index (κ3) is 3.40. The van der Waals surface area contributed by atoms with Crippen molar-refractivity contribution in [2.45, 2.75) is 52.7 Å². The molecule has 160 valence electrons. The first-order chi connectivity index (χ1) is 15.0. The third-order valence-corrected chi connectivity index (χ3v) is 6.53. The molecule has 1 aliphatic heterocycles. The lowest BCUT2D eigenvalue weighted by molar-refractivity contribution is 0.257. The van der Waals surface area contributed by atoms with Gasteiger partial charge in [-0.25, -0.2) is 4.98 Å². The zero-order valence-corrected chi connectivity index (χ0v) is 18.7. The van der Waals surface area contributed by atoms with Crippen LogP contribution < -0.4 is 0 Å². The van der Waals surface area contributed by atoms with Crippen LogP contribution in [0, 0.1) is 13.8 Å². The molecule has 2 aromatic heterocycles. The average Bonchev–Trinajstić information content (AvgIpc) is 3.29. The molecule has 1 N–H and O–H groups in total. The molecule has 6 heteroatoms. The molecular weight excluding hydrogens is 386 g/mol. The molecule has 6 nitrogen and oxygen atoms in total. The Hall–Kier alpha value is -2.83. The fraction of sp³-hybridized carbons (Fsp3) is 0.400. The Morgan fingerprint density at radius 1 is 1.19 bits per heavy atom. The van der Waals surface area contributed by atoms with Crippen LogP contribution in [0.25, 0.3) is 16.8 Å². The van der Waals surface area contributed by atoms with Crippen molar-refractivity contribution in [2.75, 3.05) is 13.7 Å². The predicted octanol–water partition coefficient (Wildman–Crippen LogP) is 3.64. The molecule has 5 rings (SSSR count). The van der Waals surface area contributed by atoms with Crippen molar-refractivity contribution in [3.05, 3.63) is 69.9 Å². The van der Waals surface area contributed by atoms with Crippen LogP contribution in [0.1, 0.15) is 52.3 Å². The van der Waals surface area contributed by atoms with Gasteiger partial charge < -0.3 is 5.11 Å². The van der Waals surface area contributed by atoms with Crippen LogP contribution in [0.5, 0.6) is 0 Å². The zero-order valence-electron chi connectivity index (χ0n) is 18.7. The van der Waals surface area contributed by atoms with E-state index in [1.165, 1.54) is 22.3 Å². The van der Waals surface area contributed by atoms with Crippen LogP contribution in [0.15, 0.2) is 30.5 Å². The first kappa shape index (κ1) is 20.1. The summed E-state index contributed by atoms with van der Waals surface area (Å²) < 4.78 is 1.93. The fourth-order valence-electron chi connectivity index (χ4n) is 5.03. The second-order valence-electron chi connectivity index (χ2n) is 8.86. The number of fused-ring (bicyclic) bond motifs is 4. The molecule has 0 saturated heterocycles. The molecule has 0 radical (unpaired) electrons. The average molecular weight is 416 g/mol. The minimum Gasteiger partial charge on any atom is -0.394 e. The molecule has 2 bridgehead atoms. The number of allylic oxidation sites excluding steroid dienone is 2. The Bertz CT molecular complexity index is 1190. The van der Waals surface area contributed by atoms with Crippen LogP contribution in [0.4, 0.5) is 0 Å². The number of benzene rings is 1. The largest absolute Gasteiger partial charge is 0.394 e. The van der Waals surface area contributed by atoms with Crippen molar-refractivity contribution in [2.24, 2.45) is 0 Å². The molecule has 3 heterocycles. The summed E-state index contributed by atoms with van der Waals surface area (Å²) in [6.07, 6.45) is 5.02. The number of aromatic nitrogens is 4. The van der Waals surface area contributed by atoms with Gasteiger partial charge in [0.2, 0.25) is 0 Å². The number of aliphatic hydroxyl groups excluding tert-OH is 1. The van der Waals surface area contributed by atoms with Crippen LogP contribution in [0.2, 0.25) is 0 Å². The fourth-order valence-corrected chi connectivity index (χ4v) is 5.03. The van der Waals surface area contributed by atoms with Crippen LogP contribution in [-0.2, 0) is 26.1 Å². The molecule has 0 unspecified atom stereocenters. The molecule has 0 fully saturated rings. The summed E-state index contributed by atoms with van der Waals surface area (Å²) in [4.78, 5) is 12.2. The first-order valence-electron chi connectivity index (χ1n) is 11.0. The van der Waals surface area contributed by atoms with Gasteiger partial charge in [0, 0.05) is 31.0 Å². The van der Waals surface area contributed by atoms with Crippen molar-refractivity contribution >= 4 is 5.57 Å². The van der Waals surface area contributed by atoms with E-state index in [1.54, 1.807) is 0 Å². The van der Waals surface area contributed by atoms with Gasteiger partial charge in [-0.2, -0.15) is 5.10 Å². The van der Waals surface area contributed by atoms with Crippen molar-refractivity contribution in [1.29, 1.82) is 0 Å². The number of aryl methyl sites for hydroxylation is 2. The highest BCUT2D eigenvalue weighted by atomic mass is 16.3. The Balaban J connectivity index is 1.75. The number of hydrogen-bond donors (Lipinski definition) is 1. The summed E-state index contributed by atoms with van der Waals surface area (Å²) in [5.41, 5.74) is 11.2. The molecular formula is C25H29N5O. The molecule has 0 saturated carbocycles. The quantitative estimate of drug-likeness (QED) is 0.692. The van der Waals surface area contributed by atoms with Crippen molar-refractivity contribution < 1.29 is 5.11 Å². The lowest BCUT2D eigenvalue weighted by Gasteiger charge is -2.25. The third-order valence-electron chi connectivity index (χ3n) is 6.53. The molecule has 0 amide bonds. The van der Waals surface area contributed by atoms with E-state index >= 15 is 0 Å². The van der Waals surface area contributed by atoms with E-state index < -0.39 is 0 Å². The van der Waals surface area contributed by atoms with Gasteiger partial charge in [0.1, 0.15) is 0 Å². The summed E-state index contributed by atoms with van der Waals surface area (Å²) in [6.45, 7) is 8.56. The lowest BCUT2D eigenvalue weighted by Crippen LogP contribution is -2.22. The minimum absolute atomic E-state index is 0.0552. The van der Waals surface area contributed by atoms with E-state index in [0.717, 1.165) is 53.5 Å². The van der Waals surface area contributed by atoms with Gasteiger partial charge in [0.15, 0.2) is 0 Å². The highest BCUT2D eigenvalue weighted by molar-refractivity contribution is 5.77. The minimum atomic E-state index is 0.0552. The van der Waals surface area contributed by atoms with Crippen LogP contribution in [-0.4, -0.2) is 43.4 Å². The predicted molar refractivity (Wildman–Crippen MR) is 122 cm³/mol. The van der Waals surface area contributed by atoms with Gasteiger partial charge in [-0.1, -0.05) is 36.8 Å². The van der Waals surface area contributed by atoms with Gasteiger partial charge in [0.05, 0.1) is 47.8 Å². The molecule has 1 aromatic carbocycles. The smallest absolute Gasteiger partial charge is 0.0930 e. The maximum atomic E-state index is 9.60. The van der Waals surface area contributed by atoms with E-state index in [9.17, 15) is 5.11 Å². The van der Waals surface area contributed by atoms with E-state index in [2.05, 4.69) is 50.1 Å². The lowest BCUT2D eigenvalue weighted by atomic mass is 9.87. The van der Waals surface area contributed by atoms with Crippen molar-refractivity contribution in [3.8, 4) is 11.3 Å². The monoisotopic (exact) mass is 415 g/mol. The standard InChI is InChI=1S/C25H29N5O/c1-15-5-6-18-13-29(4)14-23-24(17(3)28-30(23)9-10-31)22-12-26-21-8-7-19(25(21)27-22)16(2)20(18)11-15/h5-7,11-12,16,31H,8-10,13-14H2,1-4H3/t16-/m0/s1. The molecule has 1 aliphatic carbocycles. The summed E-state index contributed by atoms with van der Waals surface area (Å²) in [5.74, 6) is 0.256. The Morgan fingerprint density at radius 3 is 2.84 bits per heavy atom. The van der Waals surface area contributed by atoms with Crippen LogP contribution >= 0.6 is 0 Å². The maximum Gasteiger partial charge on any atom is 0.0930 e.